The first-order valence-corrected chi connectivity index (χ1v) is 16.6. The zero-order valence-corrected chi connectivity index (χ0v) is 33.2. The van der Waals surface area contributed by atoms with Crippen LogP contribution in [-0.2, 0) is 26.2 Å². The quantitative estimate of drug-likeness (QED) is 0.126. The Morgan fingerprint density at radius 1 is 0.535 bits per heavy atom. The van der Waals surface area contributed by atoms with Crippen molar-refractivity contribution in [3.63, 3.8) is 0 Å². The minimum absolute atomic E-state index is 0. The van der Waals surface area contributed by atoms with Crippen molar-refractivity contribution in [1.82, 2.24) is 0 Å². The molecule has 43 heavy (non-hydrogen) atoms. The van der Waals surface area contributed by atoms with Crippen LogP contribution in [0.3, 0.4) is 0 Å². The molecule has 0 amide bonds. The van der Waals surface area contributed by atoms with Crippen LogP contribution in [0, 0.1) is 13.8 Å². The molecule has 5 aromatic carbocycles. The van der Waals surface area contributed by atoms with Gasteiger partial charge < -0.3 is 0 Å². The maximum absolute atomic E-state index is 2.39. The molecule has 0 nitrogen and oxygen atoms in total. The van der Waals surface area contributed by atoms with Crippen molar-refractivity contribution in [1.29, 1.82) is 0 Å². The minimum Gasteiger partial charge on any atom is -0.165 e. The SMILES string of the molecule is C[Si]c1ccccc1.Cc1cc2c(C(C)C)cc(C(C)C)cc2[cH-]1.Cc1cc2c(C(C)C)cc(C(C)C)cc2[cH-]1.Cl.Cl.[Zr+2]. The molecule has 0 spiro atoms. The molecular weight excluding hydrogens is 659 g/mol. The maximum atomic E-state index is 2.39. The smallest absolute Gasteiger partial charge is 0.165 e. The van der Waals surface area contributed by atoms with Gasteiger partial charge >= 0.3 is 26.2 Å². The van der Waals surface area contributed by atoms with E-state index in [-0.39, 0.29) is 51.0 Å². The van der Waals surface area contributed by atoms with Gasteiger partial charge in [0.2, 0.25) is 0 Å². The summed E-state index contributed by atoms with van der Waals surface area (Å²) in [6, 6.07) is 29.2. The molecule has 0 heterocycles. The van der Waals surface area contributed by atoms with E-state index in [9.17, 15) is 0 Å². The average Bonchev–Trinajstić information content (AvgIpc) is 3.48. The minimum atomic E-state index is 0. The molecule has 0 saturated heterocycles. The molecule has 0 saturated carbocycles. The zero-order valence-electron chi connectivity index (χ0n) is 28.1. The van der Waals surface area contributed by atoms with Crippen LogP contribution < -0.4 is 5.19 Å². The Morgan fingerprint density at radius 3 is 1.19 bits per heavy atom. The van der Waals surface area contributed by atoms with Crippen molar-refractivity contribution < 1.29 is 26.2 Å². The first-order valence-electron chi connectivity index (χ1n) is 15.1. The Kier molecular flexibility index (Phi) is 18.5. The molecule has 0 N–H and O–H groups in total. The predicted octanol–water partition coefficient (Wildman–Crippen LogP) is 12.1. The van der Waals surface area contributed by atoms with E-state index < -0.39 is 0 Å². The molecule has 4 heteroatoms. The molecular formula is C39H52Cl2SiZr. The number of benzene rings is 3. The summed E-state index contributed by atoms with van der Waals surface area (Å²) in [5.74, 6) is 2.42. The Hall–Kier alpha value is -1.44. The number of rotatable bonds is 5. The van der Waals surface area contributed by atoms with Crippen molar-refractivity contribution in [2.45, 2.75) is 99.5 Å². The molecule has 0 aromatic heterocycles. The Balaban J connectivity index is 0.000000625. The predicted molar refractivity (Wildman–Crippen MR) is 197 cm³/mol. The standard InChI is InChI=1S/2C16H21.C7H8Si.2ClH.Zr/c2*1-10(2)13-8-14-6-12(5)7-16(14)15(9-13)11(3)4;1-8-7-5-3-2-4-6-7;;;/h2*6-11H,1-5H3;2-6H,1H3;2*1H;/q2*-1;;;;+2. The van der Waals surface area contributed by atoms with Crippen molar-refractivity contribution in [2.75, 3.05) is 0 Å². The van der Waals surface area contributed by atoms with Crippen molar-refractivity contribution in [3.05, 3.63) is 112 Å². The van der Waals surface area contributed by atoms with E-state index in [0.29, 0.717) is 23.7 Å². The van der Waals surface area contributed by atoms with Crippen molar-refractivity contribution in [2.24, 2.45) is 0 Å². The van der Waals surface area contributed by atoms with E-state index >= 15 is 0 Å². The molecule has 0 bridgehead atoms. The second-order valence-electron chi connectivity index (χ2n) is 12.5. The van der Waals surface area contributed by atoms with Crippen LogP contribution in [0.1, 0.15) is 112 Å². The van der Waals surface area contributed by atoms with Gasteiger partial charge in [0.15, 0.2) is 0 Å². The molecule has 0 aliphatic heterocycles. The summed E-state index contributed by atoms with van der Waals surface area (Å²) in [4.78, 5) is 0. The van der Waals surface area contributed by atoms with Gasteiger partial charge in [-0.1, -0.05) is 146 Å². The summed E-state index contributed by atoms with van der Waals surface area (Å²) in [6.45, 7) is 24.7. The number of hydrogen-bond donors (Lipinski definition) is 0. The molecule has 5 rings (SSSR count). The second-order valence-corrected chi connectivity index (χ2v) is 13.6. The fraction of sp³-hybridized carbons (Fsp3) is 0.385. The molecule has 0 aliphatic carbocycles. The van der Waals surface area contributed by atoms with Gasteiger partial charge in [0.1, 0.15) is 0 Å². The fourth-order valence-corrected chi connectivity index (χ4v) is 5.80. The fourth-order valence-electron chi connectivity index (χ4n) is 5.27. The van der Waals surface area contributed by atoms with Crippen molar-refractivity contribution in [3.8, 4) is 0 Å². The van der Waals surface area contributed by atoms with Gasteiger partial charge in [-0.3, -0.25) is 0 Å². The van der Waals surface area contributed by atoms with Gasteiger partial charge in [-0.2, -0.15) is 12.1 Å². The molecule has 0 atom stereocenters. The number of halogens is 2. The van der Waals surface area contributed by atoms with E-state index in [1.807, 2.05) is 6.07 Å². The molecule has 2 radical (unpaired) electrons. The normalized spacial score (nSPS) is 10.6. The molecule has 0 aliphatic rings. The molecule has 0 unspecified atom stereocenters. The first kappa shape index (κ1) is 41.6. The molecule has 0 fully saturated rings. The topological polar surface area (TPSA) is 0 Å². The van der Waals surface area contributed by atoms with Gasteiger partial charge in [-0.25, -0.2) is 0 Å². The van der Waals surface area contributed by atoms with Crippen molar-refractivity contribution >= 4 is 61.1 Å². The number of aryl methyl sites for hydroxylation is 2. The Labute approximate surface area is 297 Å². The number of fused-ring (bicyclic) bond motifs is 2. The van der Waals surface area contributed by atoms with Gasteiger partial charge in [-0.15, -0.1) is 81.8 Å². The van der Waals surface area contributed by atoms with Gasteiger partial charge in [0, 0.05) is 0 Å². The largest absolute Gasteiger partial charge is 2.00 e. The van der Waals surface area contributed by atoms with E-state index in [1.54, 1.807) is 0 Å². The first-order chi connectivity index (χ1) is 18.9. The van der Waals surface area contributed by atoms with E-state index in [1.165, 1.54) is 60.1 Å². The van der Waals surface area contributed by atoms with Crippen LogP contribution in [0.4, 0.5) is 0 Å². The Bertz CT molecular complexity index is 1410. The second kappa shape index (κ2) is 19.2. The monoisotopic (exact) mass is 708 g/mol. The van der Waals surface area contributed by atoms with Crippen LogP contribution in [0.15, 0.2) is 78.9 Å². The van der Waals surface area contributed by atoms with Crippen LogP contribution in [0.25, 0.3) is 21.5 Å². The van der Waals surface area contributed by atoms with Crippen LogP contribution >= 0.6 is 24.8 Å². The van der Waals surface area contributed by atoms with Gasteiger partial charge in [0.25, 0.3) is 0 Å². The molecule has 5 aromatic rings. The summed E-state index contributed by atoms with van der Waals surface area (Å²) in [7, 11) is 0.930. The van der Waals surface area contributed by atoms with E-state index in [0.717, 1.165) is 9.52 Å². The summed E-state index contributed by atoms with van der Waals surface area (Å²) < 4.78 is 0. The third-order valence-electron chi connectivity index (χ3n) is 7.68. The summed E-state index contributed by atoms with van der Waals surface area (Å²) >= 11 is 0. The van der Waals surface area contributed by atoms with Crippen LogP contribution in [0.5, 0.6) is 0 Å². The summed E-state index contributed by atoms with van der Waals surface area (Å²) in [6.07, 6.45) is 0. The van der Waals surface area contributed by atoms with E-state index in [4.69, 9.17) is 0 Å². The summed E-state index contributed by atoms with van der Waals surface area (Å²) in [5, 5.41) is 7.14. The number of hydrogen-bond acceptors (Lipinski definition) is 0. The summed E-state index contributed by atoms with van der Waals surface area (Å²) in [5.41, 5.74) is 8.66. The van der Waals surface area contributed by atoms with E-state index in [2.05, 4.69) is 149 Å². The van der Waals surface area contributed by atoms with Gasteiger partial charge in [0.05, 0.1) is 9.52 Å². The van der Waals surface area contributed by atoms with Gasteiger partial charge in [-0.05, 0) is 23.7 Å². The molecule has 230 valence electrons. The third-order valence-corrected chi connectivity index (χ3v) is 8.59. The third kappa shape index (κ3) is 11.5. The Morgan fingerprint density at radius 2 is 0.907 bits per heavy atom. The average molecular weight is 711 g/mol. The van der Waals surface area contributed by atoms with Crippen LogP contribution in [-0.4, -0.2) is 9.52 Å². The zero-order chi connectivity index (χ0) is 29.6. The maximum Gasteiger partial charge on any atom is 2.00 e. The van der Waals surface area contributed by atoms with Crippen LogP contribution in [0.2, 0.25) is 6.55 Å².